The molecule has 6 nitrogen and oxygen atoms in total. The van der Waals surface area contributed by atoms with Crippen LogP contribution in [0.15, 0.2) is 64.4 Å². The molecule has 0 bridgehead atoms. The van der Waals surface area contributed by atoms with Gasteiger partial charge in [-0.05, 0) is 29.0 Å². The van der Waals surface area contributed by atoms with Crippen LogP contribution in [0.1, 0.15) is 32.6 Å². The number of rotatable bonds is 8. The molecule has 32 heavy (non-hydrogen) atoms. The number of benzene rings is 1. The van der Waals surface area contributed by atoms with E-state index >= 15 is 0 Å². The van der Waals surface area contributed by atoms with Crippen LogP contribution in [0.4, 0.5) is 4.39 Å². The lowest BCUT2D eigenvalue weighted by atomic mass is 10.0. The van der Waals surface area contributed by atoms with Crippen molar-refractivity contribution in [2.45, 2.75) is 12.5 Å². The maximum Gasteiger partial charge on any atom is 0.264 e. The smallest absolute Gasteiger partial charge is 0.264 e. The minimum Gasteiger partial charge on any atom is -0.383 e. The van der Waals surface area contributed by atoms with Gasteiger partial charge >= 0.3 is 0 Å². The summed E-state index contributed by atoms with van der Waals surface area (Å²) in [7, 11) is 1.55. The van der Waals surface area contributed by atoms with Gasteiger partial charge in [-0.15, -0.1) is 22.7 Å². The molecule has 0 N–H and O–H groups in total. The van der Waals surface area contributed by atoms with Gasteiger partial charge in [0.2, 0.25) is 0 Å². The molecule has 0 saturated carbocycles. The lowest BCUT2D eigenvalue weighted by Crippen LogP contribution is -2.42. The minimum atomic E-state index is -0.375. The van der Waals surface area contributed by atoms with Crippen LogP contribution >= 0.6 is 22.7 Å². The van der Waals surface area contributed by atoms with Crippen LogP contribution < -0.4 is 0 Å². The summed E-state index contributed by atoms with van der Waals surface area (Å²) in [5.74, 6) is -0.925. The zero-order valence-electron chi connectivity index (χ0n) is 17.4. The molecule has 1 aromatic carbocycles. The second kappa shape index (κ2) is 10.2. The van der Waals surface area contributed by atoms with E-state index in [1.54, 1.807) is 37.4 Å². The van der Waals surface area contributed by atoms with Gasteiger partial charge in [0, 0.05) is 30.5 Å². The number of thiophene rings is 2. The number of amides is 2. The lowest BCUT2D eigenvalue weighted by molar-refractivity contribution is -0.133. The van der Waals surface area contributed by atoms with Crippen molar-refractivity contribution in [2.24, 2.45) is 5.10 Å². The average Bonchev–Trinajstić information content (AvgIpc) is 3.57. The van der Waals surface area contributed by atoms with Crippen molar-refractivity contribution in [3.8, 4) is 0 Å². The number of methoxy groups -OCH3 is 1. The maximum atomic E-state index is 14.4. The van der Waals surface area contributed by atoms with E-state index in [0.717, 1.165) is 4.88 Å². The summed E-state index contributed by atoms with van der Waals surface area (Å²) in [4.78, 5) is 29.3. The summed E-state index contributed by atoms with van der Waals surface area (Å²) in [5.41, 5.74) is 0.901. The molecule has 0 aliphatic carbocycles. The Bertz CT molecular complexity index is 1100. The Morgan fingerprint density at radius 1 is 1.16 bits per heavy atom. The Morgan fingerprint density at radius 3 is 2.62 bits per heavy atom. The van der Waals surface area contributed by atoms with Crippen LogP contribution in [0.5, 0.6) is 0 Å². The Labute approximate surface area is 193 Å². The molecule has 166 valence electrons. The van der Waals surface area contributed by atoms with Crippen LogP contribution in [-0.4, -0.2) is 54.2 Å². The summed E-state index contributed by atoms with van der Waals surface area (Å²) in [6, 6.07) is 13.5. The van der Waals surface area contributed by atoms with Gasteiger partial charge in [0.15, 0.2) is 0 Å². The van der Waals surface area contributed by atoms with Crippen LogP contribution in [0.25, 0.3) is 0 Å². The summed E-state index contributed by atoms with van der Waals surface area (Å²) < 4.78 is 19.5. The molecule has 0 unspecified atom stereocenters. The van der Waals surface area contributed by atoms with Gasteiger partial charge in [0.25, 0.3) is 11.8 Å². The van der Waals surface area contributed by atoms with Crippen molar-refractivity contribution in [1.82, 2.24) is 9.91 Å². The van der Waals surface area contributed by atoms with Gasteiger partial charge in [-0.25, -0.2) is 9.40 Å². The molecular formula is C23H22FN3O3S2. The zero-order valence-corrected chi connectivity index (χ0v) is 19.1. The molecule has 2 amide bonds. The highest BCUT2D eigenvalue weighted by Gasteiger charge is 2.35. The molecule has 0 radical (unpaired) electrons. The van der Waals surface area contributed by atoms with E-state index in [-0.39, 0.29) is 36.8 Å². The normalized spacial score (nSPS) is 15.6. The van der Waals surface area contributed by atoms with E-state index in [4.69, 9.17) is 4.74 Å². The largest absolute Gasteiger partial charge is 0.383 e. The first kappa shape index (κ1) is 22.3. The van der Waals surface area contributed by atoms with Crippen molar-refractivity contribution in [1.29, 1.82) is 0 Å². The molecule has 3 aromatic rings. The molecule has 1 aliphatic rings. The van der Waals surface area contributed by atoms with E-state index in [0.29, 0.717) is 29.2 Å². The predicted molar refractivity (Wildman–Crippen MR) is 124 cm³/mol. The molecule has 0 fully saturated rings. The lowest BCUT2D eigenvalue weighted by Gasteiger charge is -2.26. The summed E-state index contributed by atoms with van der Waals surface area (Å²) in [6.07, 6.45) is 0.407. The Hall–Kier alpha value is -2.88. The van der Waals surface area contributed by atoms with Gasteiger partial charge in [-0.2, -0.15) is 5.10 Å². The monoisotopic (exact) mass is 471 g/mol. The first-order valence-corrected chi connectivity index (χ1v) is 11.8. The second-order valence-corrected chi connectivity index (χ2v) is 9.12. The highest BCUT2D eigenvalue weighted by molar-refractivity contribution is 7.12. The Balaban J connectivity index is 1.60. The predicted octanol–water partition coefficient (Wildman–Crippen LogP) is 4.42. The van der Waals surface area contributed by atoms with E-state index in [2.05, 4.69) is 5.10 Å². The quantitative estimate of drug-likeness (QED) is 0.489. The Morgan fingerprint density at radius 2 is 1.94 bits per heavy atom. The first-order valence-electron chi connectivity index (χ1n) is 10.1. The number of nitrogens with zero attached hydrogens (tertiary/aromatic N) is 3. The maximum absolute atomic E-state index is 14.4. The second-order valence-electron chi connectivity index (χ2n) is 7.20. The fraction of sp³-hybridized carbons (Fsp3) is 0.261. The molecule has 1 atom stereocenters. The third-order valence-corrected chi connectivity index (χ3v) is 6.96. The highest BCUT2D eigenvalue weighted by Crippen LogP contribution is 2.35. The summed E-state index contributed by atoms with van der Waals surface area (Å²) in [6.45, 7) is 0.443. The molecular weight excluding hydrogens is 449 g/mol. The van der Waals surface area contributed by atoms with Gasteiger partial charge in [0.05, 0.1) is 23.2 Å². The van der Waals surface area contributed by atoms with Crippen molar-refractivity contribution in [3.63, 3.8) is 0 Å². The molecule has 0 spiro atoms. The van der Waals surface area contributed by atoms with Crippen LogP contribution in [0.3, 0.4) is 0 Å². The number of hydrazone groups is 1. The van der Waals surface area contributed by atoms with Gasteiger partial charge in [0.1, 0.15) is 12.4 Å². The molecule has 0 saturated heterocycles. The third-order valence-electron chi connectivity index (χ3n) is 5.13. The average molecular weight is 472 g/mol. The van der Waals surface area contributed by atoms with E-state index in [1.165, 1.54) is 38.6 Å². The van der Waals surface area contributed by atoms with Gasteiger partial charge in [-0.1, -0.05) is 30.3 Å². The summed E-state index contributed by atoms with van der Waals surface area (Å²) >= 11 is 2.85. The zero-order chi connectivity index (χ0) is 22.5. The van der Waals surface area contributed by atoms with Gasteiger partial charge in [-0.3, -0.25) is 9.59 Å². The van der Waals surface area contributed by atoms with Gasteiger partial charge < -0.3 is 9.64 Å². The third kappa shape index (κ3) is 4.79. The number of carbonyl (C=O) groups excluding carboxylic acids is 2. The topological polar surface area (TPSA) is 62.2 Å². The minimum absolute atomic E-state index is 0.143. The van der Waals surface area contributed by atoms with Crippen LogP contribution in [0, 0.1) is 5.82 Å². The Kier molecular flexibility index (Phi) is 7.09. The number of hydrogen-bond donors (Lipinski definition) is 0. The standard InChI is InChI=1S/C23H22FN3O3S2/c1-30-11-10-26(23(29)21-9-5-13-32-21)15-22(28)27-19(20-8-4-12-31-20)14-18(25-27)16-6-2-3-7-17(16)24/h2-9,12-13,19H,10-11,14-15H2,1H3/t19-/m1/s1. The van der Waals surface area contributed by atoms with Crippen LogP contribution in [0.2, 0.25) is 0 Å². The number of halogens is 1. The molecule has 1 aliphatic heterocycles. The van der Waals surface area contributed by atoms with Crippen molar-refractivity contribution < 1.29 is 18.7 Å². The van der Waals surface area contributed by atoms with Crippen molar-refractivity contribution in [3.05, 3.63) is 80.4 Å². The van der Waals surface area contributed by atoms with E-state index < -0.39 is 0 Å². The number of hydrogen-bond acceptors (Lipinski definition) is 6. The van der Waals surface area contributed by atoms with E-state index in [9.17, 15) is 14.0 Å². The van der Waals surface area contributed by atoms with Crippen molar-refractivity contribution >= 4 is 40.2 Å². The number of ether oxygens (including phenoxy) is 1. The molecule has 2 aromatic heterocycles. The first-order chi connectivity index (χ1) is 15.6. The van der Waals surface area contributed by atoms with Crippen LogP contribution in [-0.2, 0) is 9.53 Å². The number of carbonyl (C=O) groups is 2. The molecule has 3 heterocycles. The fourth-order valence-electron chi connectivity index (χ4n) is 3.55. The SMILES string of the molecule is COCCN(CC(=O)N1N=C(c2ccccc2F)C[C@@H]1c1cccs1)C(=O)c1cccs1. The molecule has 4 rings (SSSR count). The fourth-order valence-corrected chi connectivity index (χ4v) is 5.05. The summed E-state index contributed by atoms with van der Waals surface area (Å²) in [5, 5.41) is 9.67. The molecule has 9 heteroatoms. The van der Waals surface area contributed by atoms with Crippen molar-refractivity contribution in [2.75, 3.05) is 26.8 Å². The highest BCUT2D eigenvalue weighted by atomic mass is 32.1. The van der Waals surface area contributed by atoms with E-state index in [1.807, 2.05) is 22.9 Å².